The standard InChI is InChI=1S/C8H8O3.Na.H/c9-5-6-1-3-7(4-2-6)8(10)11;;/h1-4,9H,5H2,(H,10,11);;/q;+1;-1. The molecule has 0 aliphatic heterocycles. The summed E-state index contributed by atoms with van der Waals surface area (Å²) in [4.78, 5) is 10.3. The molecule has 0 aliphatic carbocycles. The molecule has 0 amide bonds. The molecule has 4 heteroatoms. The molecular formula is C8H9NaO3. The van der Waals surface area contributed by atoms with Crippen molar-refractivity contribution in [1.29, 1.82) is 0 Å². The SMILES string of the molecule is O=C(O)c1ccc(CO)cc1.[H-].[Na+]. The Morgan fingerprint density at radius 3 is 2.17 bits per heavy atom. The fourth-order valence-electron chi connectivity index (χ4n) is 0.753. The molecule has 0 radical (unpaired) electrons. The van der Waals surface area contributed by atoms with Gasteiger partial charge < -0.3 is 11.6 Å². The van der Waals surface area contributed by atoms with Crippen molar-refractivity contribution in [2.24, 2.45) is 0 Å². The Bertz CT molecular complexity index is 261. The van der Waals surface area contributed by atoms with Crippen LogP contribution in [0.4, 0.5) is 0 Å². The summed E-state index contributed by atoms with van der Waals surface area (Å²) in [5, 5.41) is 17.1. The summed E-state index contributed by atoms with van der Waals surface area (Å²) in [5.74, 6) is -0.950. The summed E-state index contributed by atoms with van der Waals surface area (Å²) < 4.78 is 0. The van der Waals surface area contributed by atoms with E-state index in [4.69, 9.17) is 10.2 Å². The van der Waals surface area contributed by atoms with Crippen molar-refractivity contribution in [2.75, 3.05) is 0 Å². The van der Waals surface area contributed by atoms with Gasteiger partial charge in [0.2, 0.25) is 0 Å². The van der Waals surface area contributed by atoms with Crippen molar-refractivity contribution in [3.05, 3.63) is 35.4 Å². The molecule has 0 saturated heterocycles. The number of carboxylic acid groups (broad SMARTS) is 1. The number of aliphatic hydroxyl groups is 1. The summed E-state index contributed by atoms with van der Waals surface area (Å²) >= 11 is 0. The van der Waals surface area contributed by atoms with Crippen LogP contribution in [0.1, 0.15) is 17.3 Å². The molecule has 0 atom stereocenters. The van der Waals surface area contributed by atoms with Crippen LogP contribution in [0.15, 0.2) is 24.3 Å². The second-order valence-electron chi connectivity index (χ2n) is 2.16. The second-order valence-corrected chi connectivity index (χ2v) is 2.16. The van der Waals surface area contributed by atoms with E-state index in [2.05, 4.69) is 0 Å². The Balaban J connectivity index is 0. The molecule has 0 bridgehead atoms. The van der Waals surface area contributed by atoms with Crippen LogP contribution < -0.4 is 29.6 Å². The van der Waals surface area contributed by atoms with Crippen LogP contribution in [-0.4, -0.2) is 16.2 Å². The van der Waals surface area contributed by atoms with Gasteiger partial charge in [-0.05, 0) is 17.7 Å². The molecule has 12 heavy (non-hydrogen) atoms. The molecule has 1 rings (SSSR count). The smallest absolute Gasteiger partial charge is 1.00 e. The number of aromatic carboxylic acids is 1. The molecule has 60 valence electrons. The van der Waals surface area contributed by atoms with E-state index in [1.807, 2.05) is 0 Å². The molecule has 1 aromatic rings. The first-order chi connectivity index (χ1) is 5.24. The van der Waals surface area contributed by atoms with Crippen LogP contribution in [0, 0.1) is 0 Å². The maximum absolute atomic E-state index is 10.3. The molecule has 0 fully saturated rings. The molecule has 0 spiro atoms. The number of rotatable bonds is 2. The Morgan fingerprint density at radius 2 is 1.83 bits per heavy atom. The first-order valence-electron chi connectivity index (χ1n) is 3.17. The average molecular weight is 176 g/mol. The predicted molar refractivity (Wildman–Crippen MR) is 40.4 cm³/mol. The van der Waals surface area contributed by atoms with Gasteiger partial charge in [0.15, 0.2) is 0 Å². The van der Waals surface area contributed by atoms with E-state index in [9.17, 15) is 4.79 Å². The third-order valence-electron chi connectivity index (χ3n) is 1.38. The van der Waals surface area contributed by atoms with Gasteiger partial charge in [-0.25, -0.2) is 4.79 Å². The average Bonchev–Trinajstić information content (AvgIpc) is 2.05. The Morgan fingerprint density at radius 1 is 1.33 bits per heavy atom. The van der Waals surface area contributed by atoms with Gasteiger partial charge in [0.1, 0.15) is 0 Å². The zero-order valence-electron chi connectivity index (χ0n) is 7.82. The van der Waals surface area contributed by atoms with Gasteiger partial charge in [0, 0.05) is 0 Å². The van der Waals surface area contributed by atoms with E-state index < -0.39 is 5.97 Å². The minimum atomic E-state index is -0.950. The molecule has 0 unspecified atom stereocenters. The monoisotopic (exact) mass is 176 g/mol. The second kappa shape index (κ2) is 5.32. The van der Waals surface area contributed by atoms with Gasteiger partial charge in [0.05, 0.1) is 12.2 Å². The quantitative estimate of drug-likeness (QED) is 0.512. The number of hydrogen-bond donors (Lipinski definition) is 2. The summed E-state index contributed by atoms with van der Waals surface area (Å²) in [6, 6.07) is 6.11. The number of hydrogen-bond acceptors (Lipinski definition) is 2. The van der Waals surface area contributed by atoms with E-state index in [0.717, 1.165) is 5.56 Å². The molecule has 0 heterocycles. The molecule has 1 aromatic carbocycles. The van der Waals surface area contributed by atoms with Crippen molar-refractivity contribution in [1.82, 2.24) is 0 Å². The predicted octanol–water partition coefficient (Wildman–Crippen LogP) is -2.01. The molecular weight excluding hydrogens is 167 g/mol. The van der Waals surface area contributed by atoms with Crippen molar-refractivity contribution in [3.8, 4) is 0 Å². The fourth-order valence-corrected chi connectivity index (χ4v) is 0.753. The molecule has 0 saturated carbocycles. The zero-order chi connectivity index (χ0) is 8.27. The van der Waals surface area contributed by atoms with Gasteiger partial charge in [-0.2, -0.15) is 0 Å². The summed E-state index contributed by atoms with van der Waals surface area (Å²) in [7, 11) is 0. The number of benzene rings is 1. The van der Waals surface area contributed by atoms with Crippen LogP contribution in [0.25, 0.3) is 0 Å². The Labute approximate surface area is 93.8 Å². The number of aliphatic hydroxyl groups excluding tert-OH is 1. The van der Waals surface area contributed by atoms with Crippen molar-refractivity contribution in [2.45, 2.75) is 6.61 Å². The first-order valence-corrected chi connectivity index (χ1v) is 3.17. The van der Waals surface area contributed by atoms with E-state index in [0.29, 0.717) is 0 Å². The Hall–Kier alpha value is -0.350. The van der Waals surface area contributed by atoms with Gasteiger partial charge in [-0.1, -0.05) is 12.1 Å². The topological polar surface area (TPSA) is 57.5 Å². The molecule has 0 aliphatic rings. The third kappa shape index (κ3) is 2.95. The molecule has 0 aromatic heterocycles. The summed E-state index contributed by atoms with van der Waals surface area (Å²) in [5.41, 5.74) is 0.956. The summed E-state index contributed by atoms with van der Waals surface area (Å²) in [6.07, 6.45) is 0. The minimum absolute atomic E-state index is 0. The third-order valence-corrected chi connectivity index (χ3v) is 1.38. The maximum Gasteiger partial charge on any atom is 1.00 e. The van der Waals surface area contributed by atoms with Crippen molar-refractivity contribution >= 4 is 5.97 Å². The zero-order valence-corrected chi connectivity index (χ0v) is 8.82. The van der Waals surface area contributed by atoms with E-state index in [1.165, 1.54) is 12.1 Å². The van der Waals surface area contributed by atoms with E-state index in [1.54, 1.807) is 12.1 Å². The largest absolute Gasteiger partial charge is 1.00 e. The van der Waals surface area contributed by atoms with Crippen molar-refractivity contribution < 1.29 is 46.0 Å². The number of carboxylic acids is 1. The van der Waals surface area contributed by atoms with Gasteiger partial charge >= 0.3 is 35.5 Å². The van der Waals surface area contributed by atoms with Crippen LogP contribution in [0.3, 0.4) is 0 Å². The first kappa shape index (κ1) is 11.6. The summed E-state index contributed by atoms with van der Waals surface area (Å²) in [6.45, 7) is -0.0557. The van der Waals surface area contributed by atoms with Gasteiger partial charge in [-0.3, -0.25) is 0 Å². The maximum atomic E-state index is 10.3. The molecule has 2 N–H and O–H groups in total. The van der Waals surface area contributed by atoms with Crippen LogP contribution in [0.5, 0.6) is 0 Å². The molecule has 3 nitrogen and oxygen atoms in total. The van der Waals surface area contributed by atoms with Crippen LogP contribution >= 0.6 is 0 Å². The van der Waals surface area contributed by atoms with Crippen LogP contribution in [-0.2, 0) is 6.61 Å². The van der Waals surface area contributed by atoms with E-state index >= 15 is 0 Å². The van der Waals surface area contributed by atoms with E-state index in [-0.39, 0.29) is 43.2 Å². The fraction of sp³-hybridized carbons (Fsp3) is 0.125. The van der Waals surface area contributed by atoms with Crippen molar-refractivity contribution in [3.63, 3.8) is 0 Å². The van der Waals surface area contributed by atoms with Crippen LogP contribution in [0.2, 0.25) is 0 Å². The Kier molecular flexibility index (Phi) is 5.17. The van der Waals surface area contributed by atoms with Gasteiger partial charge in [0.25, 0.3) is 0 Å². The number of carbonyl (C=O) groups is 1. The van der Waals surface area contributed by atoms with Gasteiger partial charge in [-0.15, -0.1) is 0 Å². The minimum Gasteiger partial charge on any atom is -1.00 e. The normalized spacial score (nSPS) is 8.75.